The summed E-state index contributed by atoms with van der Waals surface area (Å²) < 4.78 is 26.6. The van der Waals surface area contributed by atoms with Gasteiger partial charge in [-0.15, -0.1) is 0 Å². The molecule has 0 aliphatic heterocycles. The maximum atomic E-state index is 12.1. The van der Waals surface area contributed by atoms with Gasteiger partial charge in [-0.1, -0.05) is 12.1 Å². The van der Waals surface area contributed by atoms with Crippen molar-refractivity contribution in [1.82, 2.24) is 4.72 Å². The quantitative estimate of drug-likeness (QED) is 0.749. The van der Waals surface area contributed by atoms with Crippen LogP contribution in [-0.2, 0) is 14.8 Å². The first-order valence-corrected chi connectivity index (χ1v) is 7.60. The predicted molar refractivity (Wildman–Crippen MR) is 72.6 cm³/mol. The summed E-state index contributed by atoms with van der Waals surface area (Å²) in [6.07, 6.45) is 1.03. The molecule has 0 saturated carbocycles. The largest absolute Gasteiger partial charge is 0.481 e. The van der Waals surface area contributed by atoms with Crippen molar-refractivity contribution >= 4 is 16.0 Å². The highest BCUT2D eigenvalue weighted by Crippen LogP contribution is 2.16. The van der Waals surface area contributed by atoms with E-state index in [1.165, 1.54) is 0 Å². The topological polar surface area (TPSA) is 83.5 Å². The molecule has 1 rings (SSSR count). The fourth-order valence-corrected chi connectivity index (χ4v) is 3.08. The van der Waals surface area contributed by atoms with E-state index in [0.29, 0.717) is 18.4 Å². The molecule has 5 nitrogen and oxygen atoms in total. The second kappa shape index (κ2) is 6.68. The zero-order valence-corrected chi connectivity index (χ0v) is 12.0. The smallest absolute Gasteiger partial charge is 0.303 e. The lowest BCUT2D eigenvalue weighted by atomic mass is 10.2. The average Bonchev–Trinajstić information content (AvgIpc) is 2.31. The third-order valence-corrected chi connectivity index (χ3v) is 4.35. The molecule has 0 aliphatic carbocycles. The maximum absolute atomic E-state index is 12.1. The van der Waals surface area contributed by atoms with Crippen molar-refractivity contribution < 1.29 is 18.3 Å². The van der Waals surface area contributed by atoms with E-state index in [4.69, 9.17) is 5.11 Å². The second-order valence-corrected chi connectivity index (χ2v) is 6.25. The molecule has 0 bridgehead atoms. The van der Waals surface area contributed by atoms with E-state index in [-0.39, 0.29) is 17.9 Å². The first-order valence-electron chi connectivity index (χ1n) is 6.11. The van der Waals surface area contributed by atoms with Crippen LogP contribution < -0.4 is 4.72 Å². The van der Waals surface area contributed by atoms with Crippen molar-refractivity contribution in [2.75, 3.05) is 6.54 Å². The molecule has 0 unspecified atom stereocenters. The Hall–Kier alpha value is -1.40. The van der Waals surface area contributed by atoms with Gasteiger partial charge < -0.3 is 5.11 Å². The van der Waals surface area contributed by atoms with Crippen molar-refractivity contribution in [2.24, 2.45) is 0 Å². The van der Waals surface area contributed by atoms with Gasteiger partial charge in [0.25, 0.3) is 0 Å². The third-order valence-electron chi connectivity index (χ3n) is 2.74. The summed E-state index contributed by atoms with van der Waals surface area (Å²) in [6.45, 7) is 3.84. The summed E-state index contributed by atoms with van der Waals surface area (Å²) in [7, 11) is -3.51. The molecule has 0 aliphatic rings. The Labute approximate surface area is 113 Å². The summed E-state index contributed by atoms with van der Waals surface area (Å²) in [6, 6.07) is 5.27. The van der Waals surface area contributed by atoms with Crippen molar-refractivity contribution in [1.29, 1.82) is 0 Å². The van der Waals surface area contributed by atoms with Crippen molar-refractivity contribution in [2.45, 2.75) is 38.0 Å². The minimum absolute atomic E-state index is 0.0607. The fourth-order valence-electron chi connectivity index (χ4n) is 1.68. The van der Waals surface area contributed by atoms with Crippen LogP contribution in [0.2, 0.25) is 0 Å². The van der Waals surface area contributed by atoms with Gasteiger partial charge in [-0.05, 0) is 43.9 Å². The van der Waals surface area contributed by atoms with Crippen LogP contribution in [0.5, 0.6) is 0 Å². The van der Waals surface area contributed by atoms with Gasteiger partial charge in [0.1, 0.15) is 0 Å². The Balaban J connectivity index is 2.61. The van der Waals surface area contributed by atoms with Crippen LogP contribution in [0.1, 0.15) is 30.4 Å². The van der Waals surface area contributed by atoms with Crippen LogP contribution in [-0.4, -0.2) is 26.0 Å². The van der Waals surface area contributed by atoms with Gasteiger partial charge in [0.15, 0.2) is 0 Å². The Morgan fingerprint density at radius 2 is 1.95 bits per heavy atom. The third kappa shape index (κ3) is 5.00. The molecule has 1 aromatic carbocycles. The normalized spacial score (nSPS) is 11.5. The van der Waals surface area contributed by atoms with Gasteiger partial charge in [-0.25, -0.2) is 13.1 Å². The minimum Gasteiger partial charge on any atom is -0.481 e. The van der Waals surface area contributed by atoms with E-state index in [9.17, 15) is 13.2 Å². The maximum Gasteiger partial charge on any atom is 0.303 e. The summed E-state index contributed by atoms with van der Waals surface area (Å²) in [5.74, 6) is -0.864. The number of aryl methyl sites for hydroxylation is 2. The van der Waals surface area contributed by atoms with Gasteiger partial charge >= 0.3 is 5.97 Å². The molecule has 0 spiro atoms. The van der Waals surface area contributed by atoms with E-state index in [1.54, 1.807) is 19.1 Å². The van der Waals surface area contributed by atoms with E-state index in [2.05, 4.69) is 4.72 Å². The number of carboxylic acids is 1. The standard InChI is InChI=1S/C13H19NO4S/c1-10-6-7-11(2)12(9-10)19(17,18)14-8-4-3-5-13(15)16/h6-7,9,14H,3-5,8H2,1-2H3,(H,15,16). The Bertz CT molecular complexity index is 552. The fraction of sp³-hybridized carbons (Fsp3) is 0.462. The van der Waals surface area contributed by atoms with Gasteiger partial charge in [0, 0.05) is 13.0 Å². The minimum atomic E-state index is -3.51. The highest BCUT2D eigenvalue weighted by Gasteiger charge is 2.16. The molecule has 0 saturated heterocycles. The molecule has 0 fully saturated rings. The van der Waals surface area contributed by atoms with Gasteiger partial charge in [-0.3, -0.25) is 4.79 Å². The number of hydrogen-bond acceptors (Lipinski definition) is 3. The molecule has 0 aromatic heterocycles. The van der Waals surface area contributed by atoms with Crippen LogP contribution in [0.25, 0.3) is 0 Å². The average molecular weight is 285 g/mol. The number of sulfonamides is 1. The SMILES string of the molecule is Cc1ccc(C)c(S(=O)(=O)NCCCCC(=O)O)c1. The predicted octanol–water partition coefficient (Wildman–Crippen LogP) is 1.84. The number of nitrogens with one attached hydrogen (secondary N) is 1. The van der Waals surface area contributed by atoms with Crippen molar-refractivity contribution in [3.63, 3.8) is 0 Å². The van der Waals surface area contributed by atoms with E-state index >= 15 is 0 Å². The molecule has 6 heteroatoms. The number of hydrogen-bond donors (Lipinski definition) is 2. The monoisotopic (exact) mass is 285 g/mol. The molecular formula is C13H19NO4S. The Kier molecular flexibility index (Phi) is 5.50. The highest BCUT2D eigenvalue weighted by atomic mass is 32.2. The summed E-state index contributed by atoms with van der Waals surface area (Å²) in [5, 5.41) is 8.48. The zero-order chi connectivity index (χ0) is 14.5. The van der Waals surface area contributed by atoms with E-state index in [1.807, 2.05) is 13.0 Å². The molecule has 1 aromatic rings. The number of aliphatic carboxylic acids is 1. The summed E-state index contributed by atoms with van der Waals surface area (Å²) >= 11 is 0. The zero-order valence-electron chi connectivity index (χ0n) is 11.1. The summed E-state index contributed by atoms with van der Waals surface area (Å²) in [5.41, 5.74) is 1.58. The van der Waals surface area contributed by atoms with Crippen LogP contribution in [0.4, 0.5) is 0 Å². The van der Waals surface area contributed by atoms with Crippen LogP contribution in [0.3, 0.4) is 0 Å². The number of rotatable bonds is 7. The molecule has 0 amide bonds. The number of carbonyl (C=O) groups is 1. The lowest BCUT2D eigenvalue weighted by Gasteiger charge is -2.09. The van der Waals surface area contributed by atoms with E-state index < -0.39 is 16.0 Å². The van der Waals surface area contributed by atoms with E-state index in [0.717, 1.165) is 5.56 Å². The molecule has 0 radical (unpaired) electrons. The highest BCUT2D eigenvalue weighted by molar-refractivity contribution is 7.89. The van der Waals surface area contributed by atoms with Crippen LogP contribution in [0.15, 0.2) is 23.1 Å². The molecular weight excluding hydrogens is 266 g/mol. The second-order valence-electron chi connectivity index (χ2n) is 4.52. The molecule has 0 atom stereocenters. The lowest BCUT2D eigenvalue weighted by molar-refractivity contribution is -0.137. The Morgan fingerprint density at radius 3 is 2.58 bits per heavy atom. The molecule has 0 heterocycles. The van der Waals surface area contributed by atoms with Gasteiger partial charge in [-0.2, -0.15) is 0 Å². The first-order chi connectivity index (χ1) is 8.83. The molecule has 2 N–H and O–H groups in total. The van der Waals surface area contributed by atoms with Crippen LogP contribution >= 0.6 is 0 Å². The molecule has 106 valence electrons. The van der Waals surface area contributed by atoms with Crippen molar-refractivity contribution in [3.8, 4) is 0 Å². The number of carboxylic acid groups (broad SMARTS) is 1. The van der Waals surface area contributed by atoms with Crippen LogP contribution in [0, 0.1) is 13.8 Å². The first kappa shape index (κ1) is 15.7. The Morgan fingerprint density at radius 1 is 1.26 bits per heavy atom. The van der Waals surface area contributed by atoms with Gasteiger partial charge in [0.05, 0.1) is 4.90 Å². The number of benzene rings is 1. The molecule has 19 heavy (non-hydrogen) atoms. The van der Waals surface area contributed by atoms with Crippen molar-refractivity contribution in [3.05, 3.63) is 29.3 Å². The lowest BCUT2D eigenvalue weighted by Crippen LogP contribution is -2.25. The van der Waals surface area contributed by atoms with Gasteiger partial charge in [0.2, 0.25) is 10.0 Å². The number of unbranched alkanes of at least 4 members (excludes halogenated alkanes) is 1. The summed E-state index contributed by atoms with van der Waals surface area (Å²) in [4.78, 5) is 10.6.